The number of amides is 2. The zero-order valence-electron chi connectivity index (χ0n) is 14.6. The Morgan fingerprint density at radius 1 is 1.11 bits per heavy atom. The summed E-state index contributed by atoms with van der Waals surface area (Å²) in [5.41, 5.74) is 2.25. The van der Waals surface area contributed by atoms with Crippen LogP contribution in [-0.4, -0.2) is 21.6 Å². The third-order valence-corrected chi connectivity index (χ3v) is 4.39. The quantitative estimate of drug-likeness (QED) is 0.647. The van der Waals surface area contributed by atoms with Gasteiger partial charge in [-0.25, -0.2) is 9.07 Å². The molecular weight excluding hydrogens is 415 g/mol. The maximum absolute atomic E-state index is 13.7. The van der Waals surface area contributed by atoms with E-state index in [1.165, 1.54) is 31.3 Å². The zero-order valence-corrected chi connectivity index (χ0v) is 16.2. The molecule has 1 aromatic heterocycles. The van der Waals surface area contributed by atoms with Crippen molar-refractivity contribution in [3.8, 4) is 5.69 Å². The molecule has 2 N–H and O–H groups in total. The van der Waals surface area contributed by atoms with Gasteiger partial charge < -0.3 is 10.6 Å². The lowest BCUT2D eigenvalue weighted by atomic mass is 10.2. The van der Waals surface area contributed by atoms with Gasteiger partial charge in [-0.3, -0.25) is 9.59 Å². The van der Waals surface area contributed by atoms with E-state index in [4.69, 9.17) is 0 Å². The number of benzene rings is 2. The van der Waals surface area contributed by atoms with Crippen molar-refractivity contribution in [2.75, 3.05) is 10.6 Å². The number of rotatable bonds is 4. The fraction of sp³-hybridized carbons (Fsp3) is 0.105. The van der Waals surface area contributed by atoms with Gasteiger partial charge in [-0.05, 0) is 49.4 Å². The Morgan fingerprint density at radius 2 is 1.81 bits per heavy atom. The first-order valence-electron chi connectivity index (χ1n) is 8.04. The Labute approximate surface area is 163 Å². The number of nitrogens with one attached hydrogen (secondary N) is 2. The second kappa shape index (κ2) is 7.71. The summed E-state index contributed by atoms with van der Waals surface area (Å²) < 4.78 is 16.3. The molecule has 0 aliphatic carbocycles. The molecule has 0 saturated carbocycles. The van der Waals surface area contributed by atoms with E-state index in [0.717, 1.165) is 10.2 Å². The van der Waals surface area contributed by atoms with Crippen LogP contribution < -0.4 is 10.6 Å². The molecule has 0 aliphatic heterocycles. The van der Waals surface area contributed by atoms with Gasteiger partial charge in [-0.15, -0.1) is 0 Å². The van der Waals surface area contributed by atoms with E-state index < -0.39 is 11.7 Å². The van der Waals surface area contributed by atoms with Gasteiger partial charge in [0.2, 0.25) is 5.91 Å². The predicted octanol–water partition coefficient (Wildman–Crippen LogP) is 4.29. The summed E-state index contributed by atoms with van der Waals surface area (Å²) in [7, 11) is 0. The van der Waals surface area contributed by atoms with E-state index in [2.05, 4.69) is 31.7 Å². The molecule has 2 aromatic carbocycles. The van der Waals surface area contributed by atoms with Gasteiger partial charge in [-0.1, -0.05) is 15.9 Å². The second-order valence-electron chi connectivity index (χ2n) is 5.86. The predicted molar refractivity (Wildman–Crippen MR) is 105 cm³/mol. The summed E-state index contributed by atoms with van der Waals surface area (Å²) >= 11 is 3.38. The van der Waals surface area contributed by atoms with Crippen molar-refractivity contribution in [1.29, 1.82) is 0 Å². The average Bonchev–Trinajstić information content (AvgIpc) is 3.00. The SMILES string of the molecule is CC(=O)Nc1cc(NC(=O)c2cnn(-c3ccc(Br)cc3)c2C)ccc1F. The minimum absolute atomic E-state index is 0.00239. The van der Waals surface area contributed by atoms with Gasteiger partial charge in [0, 0.05) is 17.1 Å². The molecule has 27 heavy (non-hydrogen) atoms. The number of carbonyl (C=O) groups is 2. The summed E-state index contributed by atoms with van der Waals surface area (Å²) in [6.45, 7) is 3.07. The van der Waals surface area contributed by atoms with Crippen LogP contribution in [0.3, 0.4) is 0 Å². The zero-order chi connectivity index (χ0) is 19.6. The Hall–Kier alpha value is -3.00. The van der Waals surface area contributed by atoms with E-state index in [9.17, 15) is 14.0 Å². The molecule has 0 aliphatic rings. The Bertz CT molecular complexity index is 1020. The molecule has 0 radical (unpaired) electrons. The first-order chi connectivity index (χ1) is 12.8. The number of hydrogen-bond donors (Lipinski definition) is 2. The van der Waals surface area contributed by atoms with Crippen LogP contribution in [0.1, 0.15) is 23.0 Å². The Kier molecular flexibility index (Phi) is 5.36. The van der Waals surface area contributed by atoms with Crippen LogP contribution in [0, 0.1) is 12.7 Å². The summed E-state index contributed by atoms with van der Waals surface area (Å²) in [6, 6.07) is 11.5. The third-order valence-electron chi connectivity index (χ3n) is 3.86. The van der Waals surface area contributed by atoms with Crippen molar-refractivity contribution in [3.63, 3.8) is 0 Å². The molecule has 3 rings (SSSR count). The van der Waals surface area contributed by atoms with Gasteiger partial charge in [0.1, 0.15) is 5.82 Å². The molecule has 0 bridgehead atoms. The topological polar surface area (TPSA) is 76.0 Å². The number of carbonyl (C=O) groups excluding carboxylic acids is 2. The van der Waals surface area contributed by atoms with Crippen molar-refractivity contribution in [2.45, 2.75) is 13.8 Å². The van der Waals surface area contributed by atoms with Gasteiger partial charge in [0.15, 0.2) is 0 Å². The summed E-state index contributed by atoms with van der Waals surface area (Å²) in [4.78, 5) is 23.7. The van der Waals surface area contributed by atoms with Crippen molar-refractivity contribution < 1.29 is 14.0 Å². The summed E-state index contributed by atoms with van der Waals surface area (Å²) in [5.74, 6) is -1.36. The van der Waals surface area contributed by atoms with Gasteiger partial charge >= 0.3 is 0 Å². The standard InChI is InChI=1S/C19H16BrFN4O2/c1-11-16(10-22-25(11)15-6-3-13(20)4-7-15)19(27)24-14-5-8-17(21)18(9-14)23-12(2)26/h3-10H,1-2H3,(H,23,26)(H,24,27). The fourth-order valence-corrected chi connectivity index (χ4v) is 2.83. The lowest BCUT2D eigenvalue weighted by molar-refractivity contribution is -0.114. The van der Waals surface area contributed by atoms with Crippen LogP contribution in [0.2, 0.25) is 0 Å². The molecular formula is C19H16BrFN4O2. The largest absolute Gasteiger partial charge is 0.324 e. The van der Waals surface area contributed by atoms with Crippen molar-refractivity contribution >= 4 is 39.1 Å². The smallest absolute Gasteiger partial charge is 0.259 e. The van der Waals surface area contributed by atoms with E-state index in [1.54, 1.807) is 11.6 Å². The van der Waals surface area contributed by atoms with Crippen molar-refractivity contribution in [1.82, 2.24) is 9.78 Å². The van der Waals surface area contributed by atoms with Crippen LogP contribution in [0.4, 0.5) is 15.8 Å². The van der Waals surface area contributed by atoms with Crippen LogP contribution in [0.15, 0.2) is 53.1 Å². The molecule has 8 heteroatoms. The highest BCUT2D eigenvalue weighted by Crippen LogP contribution is 2.22. The molecule has 1 heterocycles. The highest BCUT2D eigenvalue weighted by atomic mass is 79.9. The maximum atomic E-state index is 13.7. The first-order valence-corrected chi connectivity index (χ1v) is 8.83. The molecule has 0 fully saturated rings. The monoisotopic (exact) mass is 430 g/mol. The molecule has 2 amide bonds. The van der Waals surface area contributed by atoms with Crippen LogP contribution >= 0.6 is 15.9 Å². The average molecular weight is 431 g/mol. The molecule has 6 nitrogen and oxygen atoms in total. The van der Waals surface area contributed by atoms with Gasteiger partial charge in [0.05, 0.1) is 28.8 Å². The van der Waals surface area contributed by atoms with Gasteiger partial charge in [0.25, 0.3) is 5.91 Å². The molecule has 0 spiro atoms. The highest BCUT2D eigenvalue weighted by Gasteiger charge is 2.16. The number of nitrogens with zero attached hydrogens (tertiary/aromatic N) is 2. The molecule has 138 valence electrons. The summed E-state index contributed by atoms with van der Waals surface area (Å²) in [5, 5.41) is 9.35. The number of halogens is 2. The highest BCUT2D eigenvalue weighted by molar-refractivity contribution is 9.10. The number of hydrogen-bond acceptors (Lipinski definition) is 3. The lowest BCUT2D eigenvalue weighted by Gasteiger charge is -2.09. The lowest BCUT2D eigenvalue weighted by Crippen LogP contribution is -2.14. The molecule has 3 aromatic rings. The van der Waals surface area contributed by atoms with Crippen molar-refractivity contribution in [2.24, 2.45) is 0 Å². The fourth-order valence-electron chi connectivity index (χ4n) is 2.56. The minimum atomic E-state index is -0.581. The Balaban J connectivity index is 1.83. The molecule has 0 atom stereocenters. The first kappa shape index (κ1) is 18.8. The van der Waals surface area contributed by atoms with Crippen LogP contribution in [0.5, 0.6) is 0 Å². The molecule has 0 saturated heterocycles. The summed E-state index contributed by atoms with van der Waals surface area (Å²) in [6.07, 6.45) is 1.48. The minimum Gasteiger partial charge on any atom is -0.324 e. The van der Waals surface area contributed by atoms with E-state index in [0.29, 0.717) is 16.9 Å². The second-order valence-corrected chi connectivity index (χ2v) is 6.78. The van der Waals surface area contributed by atoms with E-state index >= 15 is 0 Å². The van der Waals surface area contributed by atoms with Crippen LogP contribution in [0.25, 0.3) is 5.69 Å². The van der Waals surface area contributed by atoms with E-state index in [-0.39, 0.29) is 11.6 Å². The third kappa shape index (κ3) is 4.22. The van der Waals surface area contributed by atoms with Crippen LogP contribution in [-0.2, 0) is 4.79 Å². The Morgan fingerprint density at radius 3 is 2.48 bits per heavy atom. The number of anilines is 2. The molecule has 0 unspecified atom stereocenters. The normalized spacial score (nSPS) is 10.5. The number of aromatic nitrogens is 2. The maximum Gasteiger partial charge on any atom is 0.259 e. The van der Waals surface area contributed by atoms with E-state index in [1.807, 2.05) is 24.3 Å². The van der Waals surface area contributed by atoms with Gasteiger partial charge in [-0.2, -0.15) is 5.10 Å². The van der Waals surface area contributed by atoms with Crippen molar-refractivity contribution in [3.05, 3.63) is 70.2 Å².